The molecule has 4 aromatic carbocycles. The maximum absolute atomic E-state index is 14.9. The van der Waals surface area contributed by atoms with Gasteiger partial charge >= 0.3 is 0 Å². The molecule has 7 unspecified atom stereocenters. The van der Waals surface area contributed by atoms with E-state index in [9.17, 15) is 23.4 Å². The van der Waals surface area contributed by atoms with E-state index in [-0.39, 0.29) is 54.8 Å². The fourth-order valence-electron chi connectivity index (χ4n) is 10.3. The molecule has 3 N–H and O–H groups in total. The van der Waals surface area contributed by atoms with Crippen LogP contribution >= 0.6 is 0 Å². The van der Waals surface area contributed by atoms with E-state index in [0.29, 0.717) is 54.5 Å². The minimum atomic E-state index is -4.25. The number of ether oxygens (including phenoxy) is 4. The number of fused-ring (bicyclic) bond motifs is 3. The summed E-state index contributed by atoms with van der Waals surface area (Å²) in [6, 6.07) is 25.0. The molecular weight excluding hydrogens is 847 g/mol. The first-order chi connectivity index (χ1) is 31.6. The average molecular weight is 908 g/mol. The zero-order chi connectivity index (χ0) is 45.6. The summed E-state index contributed by atoms with van der Waals surface area (Å²) < 4.78 is 58.1. The maximum atomic E-state index is 14.9. The van der Waals surface area contributed by atoms with E-state index in [0.717, 1.165) is 60.4 Å². The van der Waals surface area contributed by atoms with Crippen molar-refractivity contribution in [1.82, 2.24) is 4.31 Å². The summed E-state index contributed by atoms with van der Waals surface area (Å²) in [5, 5.41) is 29.7. The number of rotatable bonds is 19. The molecule has 4 aliphatic rings. The van der Waals surface area contributed by atoms with Gasteiger partial charge in [-0.25, -0.2) is 8.42 Å². The molecule has 0 aromatic heterocycles. The first-order valence-corrected chi connectivity index (χ1v) is 24.4. The lowest BCUT2D eigenvalue weighted by atomic mass is 9.55. The number of nitrogens with zero attached hydrogens (tertiary/aromatic N) is 2. The van der Waals surface area contributed by atoms with Crippen molar-refractivity contribution in [3.63, 3.8) is 0 Å². The Kier molecular flexibility index (Phi) is 14.7. The summed E-state index contributed by atoms with van der Waals surface area (Å²) >= 11 is 0. The van der Waals surface area contributed by atoms with Crippen LogP contribution in [0, 0.1) is 17.8 Å². The van der Waals surface area contributed by atoms with Crippen LogP contribution in [0.2, 0.25) is 0 Å². The van der Waals surface area contributed by atoms with Crippen molar-refractivity contribution in [3.8, 4) is 17.2 Å². The van der Waals surface area contributed by atoms with Gasteiger partial charge in [0.25, 0.3) is 0 Å². The van der Waals surface area contributed by atoms with E-state index in [1.165, 1.54) is 23.4 Å². The lowest BCUT2D eigenvalue weighted by Crippen LogP contribution is -2.69. The SMILES string of the molecule is C=CCOC12Oc3ccc(Oc4ccc5ccccc5c4)cc3C3C(CCCCO)C(CCCCO)C=C(C(=NOC4CCCCO4)CC1N(C)S(=O)(=O)c1ccc(NC(C)=O)cc1)C32. The summed E-state index contributed by atoms with van der Waals surface area (Å²) in [6.07, 6.45) is 10.3. The Morgan fingerprint density at radius 3 is 2.42 bits per heavy atom. The molecule has 0 spiro atoms. The Labute approximate surface area is 382 Å². The summed E-state index contributed by atoms with van der Waals surface area (Å²) in [6.45, 7) is 6.14. The minimum absolute atomic E-state index is 0.0147. The largest absolute Gasteiger partial charge is 0.460 e. The van der Waals surface area contributed by atoms with Crippen LogP contribution < -0.4 is 14.8 Å². The number of carbonyl (C=O) groups excluding carboxylic acids is 1. The van der Waals surface area contributed by atoms with Crippen LogP contribution in [0.4, 0.5) is 5.69 Å². The van der Waals surface area contributed by atoms with Crippen LogP contribution in [0.1, 0.15) is 82.6 Å². The number of oxime groups is 1. The molecule has 2 aliphatic carbocycles. The van der Waals surface area contributed by atoms with Crippen molar-refractivity contribution in [2.75, 3.05) is 38.8 Å². The fourth-order valence-corrected chi connectivity index (χ4v) is 11.7. The lowest BCUT2D eigenvalue weighted by molar-refractivity contribution is -0.250. The van der Waals surface area contributed by atoms with Gasteiger partial charge in [0.15, 0.2) is 0 Å². The van der Waals surface area contributed by atoms with E-state index in [1.54, 1.807) is 25.3 Å². The Morgan fingerprint density at radius 2 is 1.69 bits per heavy atom. The summed E-state index contributed by atoms with van der Waals surface area (Å²) in [5.41, 5.74) is 2.80. The van der Waals surface area contributed by atoms with Crippen LogP contribution in [0.5, 0.6) is 17.2 Å². The Bertz CT molecular complexity index is 2490. The average Bonchev–Trinajstić information content (AvgIpc) is 3.31. The van der Waals surface area contributed by atoms with Gasteiger partial charge in [0.2, 0.25) is 28.0 Å². The number of amides is 1. The minimum Gasteiger partial charge on any atom is -0.460 e. The number of carbonyl (C=O) groups is 1. The van der Waals surface area contributed by atoms with Crippen molar-refractivity contribution in [2.45, 2.75) is 100 Å². The molecule has 8 rings (SSSR count). The maximum Gasteiger partial charge on any atom is 0.243 e. The number of aliphatic hydroxyl groups excluding tert-OH is 2. The van der Waals surface area contributed by atoms with Crippen molar-refractivity contribution in [3.05, 3.63) is 115 Å². The van der Waals surface area contributed by atoms with Gasteiger partial charge in [0, 0.05) is 57.2 Å². The van der Waals surface area contributed by atoms with Gasteiger partial charge < -0.3 is 39.3 Å². The molecular formula is C51H61N3O10S. The molecule has 13 nitrogen and oxygen atoms in total. The zero-order valence-corrected chi connectivity index (χ0v) is 38.1. The van der Waals surface area contributed by atoms with E-state index < -0.39 is 34.1 Å². The van der Waals surface area contributed by atoms with E-state index in [2.05, 4.69) is 30.1 Å². The van der Waals surface area contributed by atoms with E-state index >= 15 is 0 Å². The highest BCUT2D eigenvalue weighted by Crippen LogP contribution is 2.62. The smallest absolute Gasteiger partial charge is 0.243 e. The molecule has 0 radical (unpaired) electrons. The fraction of sp³-hybridized carbons (Fsp3) is 0.451. The molecule has 0 bridgehead atoms. The molecule has 2 aliphatic heterocycles. The monoisotopic (exact) mass is 907 g/mol. The van der Waals surface area contributed by atoms with Gasteiger partial charge in [-0.15, -0.1) is 6.58 Å². The van der Waals surface area contributed by atoms with Crippen LogP contribution in [0.15, 0.2) is 119 Å². The molecule has 346 valence electrons. The third kappa shape index (κ3) is 9.89. The zero-order valence-electron chi connectivity index (χ0n) is 37.3. The number of hydrogen-bond donors (Lipinski definition) is 3. The van der Waals surface area contributed by atoms with Gasteiger partial charge in [-0.3, -0.25) is 4.79 Å². The number of likely N-dealkylation sites (N-methyl/N-ethyl adjacent to an activating group) is 1. The summed E-state index contributed by atoms with van der Waals surface area (Å²) in [5.74, 6) is -0.945. The second-order valence-electron chi connectivity index (χ2n) is 17.5. The molecule has 1 amide bonds. The number of nitrogens with one attached hydrogen (secondary N) is 1. The number of aliphatic hydroxyl groups is 2. The highest BCUT2D eigenvalue weighted by Gasteiger charge is 2.65. The van der Waals surface area contributed by atoms with Crippen LogP contribution in [-0.4, -0.2) is 86.1 Å². The highest BCUT2D eigenvalue weighted by molar-refractivity contribution is 7.89. The Morgan fingerprint density at radius 1 is 0.954 bits per heavy atom. The first-order valence-electron chi connectivity index (χ1n) is 22.9. The number of hydrogen-bond acceptors (Lipinski definition) is 11. The third-order valence-electron chi connectivity index (χ3n) is 13.3. The molecule has 1 saturated carbocycles. The molecule has 4 aromatic rings. The third-order valence-corrected chi connectivity index (χ3v) is 15.2. The molecule has 1 saturated heterocycles. The van der Waals surface area contributed by atoms with Gasteiger partial charge in [-0.2, -0.15) is 4.31 Å². The molecule has 2 heterocycles. The van der Waals surface area contributed by atoms with Crippen LogP contribution in [-0.2, 0) is 29.1 Å². The summed E-state index contributed by atoms with van der Waals surface area (Å²) in [7, 11) is -2.70. The lowest BCUT2D eigenvalue weighted by Gasteiger charge is -2.59. The Balaban J connectivity index is 1.30. The number of anilines is 1. The number of unbranched alkanes of at least 4 members (excludes halogenated alkanes) is 2. The quantitative estimate of drug-likeness (QED) is 0.0470. The number of benzene rings is 4. The predicted octanol–water partition coefficient (Wildman–Crippen LogP) is 9.07. The van der Waals surface area contributed by atoms with Crippen LogP contribution in [0.25, 0.3) is 10.8 Å². The topological polar surface area (TPSA) is 165 Å². The normalized spacial score (nSPS) is 25.6. The summed E-state index contributed by atoms with van der Waals surface area (Å²) in [4.78, 5) is 18.1. The van der Waals surface area contributed by atoms with Crippen molar-refractivity contribution in [2.24, 2.45) is 22.9 Å². The molecule has 7 atom stereocenters. The van der Waals surface area contributed by atoms with Gasteiger partial charge in [-0.1, -0.05) is 60.5 Å². The molecule has 2 fully saturated rings. The second-order valence-corrected chi connectivity index (χ2v) is 19.5. The number of sulfonamides is 1. The first kappa shape index (κ1) is 46.4. The predicted molar refractivity (Wildman–Crippen MR) is 249 cm³/mol. The second kappa shape index (κ2) is 20.6. The Hall–Kier alpha value is -5.09. The van der Waals surface area contributed by atoms with Gasteiger partial charge in [0.05, 0.1) is 35.8 Å². The van der Waals surface area contributed by atoms with E-state index in [4.69, 9.17) is 28.9 Å². The van der Waals surface area contributed by atoms with Gasteiger partial charge in [-0.05, 0) is 121 Å². The van der Waals surface area contributed by atoms with Gasteiger partial charge in [0.1, 0.15) is 17.2 Å². The molecule has 65 heavy (non-hydrogen) atoms. The molecule has 14 heteroatoms. The van der Waals surface area contributed by atoms with Crippen molar-refractivity contribution >= 4 is 38.1 Å². The van der Waals surface area contributed by atoms with Crippen LogP contribution in [0.3, 0.4) is 0 Å². The standard InChI is InChI=1S/C51H61N3O10S/c1-4-28-61-51-47(54(3)65(58,59)41-23-19-38(20-24-41)52-34(2)57)33-45(53-64-48-17-9-12-29-60-48)43-31-37(15-7-10-26-55)42(16-8-11-27-56)49(50(43)51)44-32-40(22-25-46(44)63-51)62-39-21-18-35-13-5-6-14-36(35)30-39/h4-6,13-14,18-25,30-32,37,42,47-50,55-56H,1,7-12,15-17,26-29,33H2,2-3H3,(H,52,57). The van der Waals surface area contributed by atoms with E-state index in [1.807, 2.05) is 48.5 Å². The van der Waals surface area contributed by atoms with Crippen molar-refractivity contribution in [1.29, 1.82) is 0 Å². The highest BCUT2D eigenvalue weighted by atomic mass is 32.2. The van der Waals surface area contributed by atoms with Crippen molar-refractivity contribution < 1.29 is 47.2 Å². The number of allylic oxidation sites excluding steroid dienone is 1.